The van der Waals surface area contributed by atoms with Gasteiger partial charge in [0.05, 0.1) is 18.9 Å². The summed E-state index contributed by atoms with van der Waals surface area (Å²) in [6.45, 7) is 4.64. The van der Waals surface area contributed by atoms with Gasteiger partial charge in [0.1, 0.15) is 24.4 Å². The lowest BCUT2D eigenvalue weighted by atomic mass is 10.0. The van der Waals surface area contributed by atoms with Gasteiger partial charge >= 0.3 is 17.9 Å². The number of hydrogen-bond donors (Lipinski definition) is 2. The van der Waals surface area contributed by atoms with Crippen molar-refractivity contribution in [2.75, 3.05) is 0 Å². The molecule has 8 nitrogen and oxygen atoms in total. The molecule has 2 unspecified atom stereocenters. The van der Waals surface area contributed by atoms with Crippen LogP contribution in [0.15, 0.2) is 34.4 Å². The van der Waals surface area contributed by atoms with Gasteiger partial charge in [0.25, 0.3) is 0 Å². The minimum absolute atomic E-state index is 0.169. The number of halogens is 1. The Bertz CT molecular complexity index is 800. The third-order valence-corrected chi connectivity index (χ3v) is 5.71. The number of rotatable bonds is 5. The summed E-state index contributed by atoms with van der Waals surface area (Å²) in [5.74, 6) is -2.10. The molecule has 0 spiro atoms. The fourth-order valence-electron chi connectivity index (χ4n) is 3.81. The van der Waals surface area contributed by atoms with E-state index < -0.39 is 42.3 Å². The molecule has 2 heterocycles. The molecule has 9 heteroatoms. The topological polar surface area (TPSA) is 119 Å². The van der Waals surface area contributed by atoms with Gasteiger partial charge in [-0.1, -0.05) is 35.4 Å². The van der Waals surface area contributed by atoms with Gasteiger partial charge in [-0.25, -0.2) is 0 Å². The molecule has 1 fully saturated rings. The molecular formula is C23H31ClO8. The minimum Gasteiger partial charge on any atom is -0.481 e. The number of allylic oxidation sites excluding steroid dienone is 3. The summed E-state index contributed by atoms with van der Waals surface area (Å²) in [6.07, 6.45) is 3.01. The number of fused-ring (bicyclic) bond motifs is 2. The van der Waals surface area contributed by atoms with Crippen molar-refractivity contribution in [2.45, 2.75) is 89.8 Å². The van der Waals surface area contributed by atoms with Crippen LogP contribution in [0.25, 0.3) is 0 Å². The van der Waals surface area contributed by atoms with E-state index in [2.05, 4.69) is 0 Å². The quantitative estimate of drug-likeness (QED) is 0.463. The molecule has 0 aliphatic carbocycles. The zero-order chi connectivity index (χ0) is 23.8. The second-order valence-corrected chi connectivity index (χ2v) is 8.72. The monoisotopic (exact) mass is 470 g/mol. The van der Waals surface area contributed by atoms with Crippen LogP contribution in [0.2, 0.25) is 0 Å². The molecule has 32 heavy (non-hydrogen) atoms. The minimum atomic E-state index is -1.15. The summed E-state index contributed by atoms with van der Waals surface area (Å²) in [7, 11) is 0. The number of carboxylic acids is 1. The van der Waals surface area contributed by atoms with E-state index in [4.69, 9.17) is 30.9 Å². The Morgan fingerprint density at radius 3 is 2.72 bits per heavy atom. The van der Waals surface area contributed by atoms with Crippen LogP contribution >= 0.6 is 11.6 Å². The number of carboxylic acid groups (broad SMARTS) is 1. The lowest BCUT2D eigenvalue weighted by Crippen LogP contribution is -2.37. The number of ether oxygens (including phenoxy) is 3. The van der Waals surface area contributed by atoms with Crippen molar-refractivity contribution < 1.29 is 38.8 Å². The molecule has 5 atom stereocenters. The average Bonchev–Trinajstić information content (AvgIpc) is 3.06. The third kappa shape index (κ3) is 8.41. The van der Waals surface area contributed by atoms with Gasteiger partial charge in [-0.15, -0.1) is 0 Å². The standard InChI is InChI=1S/C23H31ClO8/c1-13(10-21(27)28)9-18(26)23-20-11-17(31-23)8-7-16(24)6-4-5-14(2)19(30-15(3)25)12-22(29)32-20/h5-6,9,17-20,23,26H,4,7-8,10-12H2,1-3H3,(H,27,28)/b13-9+,14-5-,16-6+/t17-,18?,19?,20-,23-/m0/s1. The van der Waals surface area contributed by atoms with E-state index >= 15 is 0 Å². The predicted octanol–water partition coefficient (Wildman–Crippen LogP) is 3.41. The van der Waals surface area contributed by atoms with Crippen LogP contribution in [-0.4, -0.2) is 58.6 Å². The first kappa shape index (κ1) is 26.1. The van der Waals surface area contributed by atoms with Gasteiger partial charge in [0, 0.05) is 18.4 Å². The van der Waals surface area contributed by atoms with Crippen molar-refractivity contribution in [2.24, 2.45) is 0 Å². The van der Waals surface area contributed by atoms with Crippen LogP contribution in [0, 0.1) is 0 Å². The van der Waals surface area contributed by atoms with Crippen molar-refractivity contribution in [1.29, 1.82) is 0 Å². The molecule has 2 aliphatic heterocycles. The molecule has 0 aromatic rings. The zero-order valence-electron chi connectivity index (χ0n) is 18.6. The number of esters is 2. The zero-order valence-corrected chi connectivity index (χ0v) is 19.3. The first-order valence-electron chi connectivity index (χ1n) is 10.7. The fraction of sp³-hybridized carbons (Fsp3) is 0.609. The Hall–Kier alpha value is -2.16. The lowest BCUT2D eigenvalue weighted by molar-refractivity contribution is -0.159. The Morgan fingerprint density at radius 1 is 1.34 bits per heavy atom. The number of hydrogen-bond acceptors (Lipinski definition) is 7. The molecule has 0 radical (unpaired) electrons. The van der Waals surface area contributed by atoms with Gasteiger partial charge in [0.2, 0.25) is 0 Å². The van der Waals surface area contributed by atoms with Crippen molar-refractivity contribution in [3.8, 4) is 0 Å². The van der Waals surface area contributed by atoms with Crippen LogP contribution in [0.1, 0.15) is 59.3 Å². The molecule has 0 saturated carbocycles. The molecule has 2 aliphatic rings. The van der Waals surface area contributed by atoms with Gasteiger partial charge in [0.15, 0.2) is 0 Å². The maximum absolute atomic E-state index is 12.7. The molecule has 1 saturated heterocycles. The van der Waals surface area contributed by atoms with Crippen LogP contribution in [0.5, 0.6) is 0 Å². The van der Waals surface area contributed by atoms with Crippen LogP contribution < -0.4 is 0 Å². The highest BCUT2D eigenvalue weighted by Crippen LogP contribution is 2.31. The molecule has 2 N–H and O–H groups in total. The van der Waals surface area contributed by atoms with E-state index in [0.717, 1.165) is 0 Å². The Morgan fingerprint density at radius 2 is 2.06 bits per heavy atom. The SMILES string of the molecule is CC(=O)OC1CC(=O)O[C@H]2C[C@H](CC/C(Cl)=C\C/C=C\1C)O[C@H]2C(O)/C=C(\C)CC(=O)O. The molecule has 2 bridgehead atoms. The van der Waals surface area contributed by atoms with Crippen molar-refractivity contribution in [3.05, 3.63) is 34.4 Å². The van der Waals surface area contributed by atoms with Crippen LogP contribution in [0.3, 0.4) is 0 Å². The summed E-state index contributed by atoms with van der Waals surface area (Å²) in [5, 5.41) is 20.3. The Kier molecular flexibility index (Phi) is 9.93. The van der Waals surface area contributed by atoms with E-state index in [-0.39, 0.29) is 18.9 Å². The summed E-state index contributed by atoms with van der Waals surface area (Å²) >= 11 is 6.32. The molecule has 178 valence electrons. The third-order valence-electron chi connectivity index (χ3n) is 5.37. The highest BCUT2D eigenvalue weighted by molar-refractivity contribution is 6.29. The molecule has 0 aromatic heterocycles. The number of carbonyl (C=O) groups is 3. The van der Waals surface area contributed by atoms with Crippen molar-refractivity contribution in [1.82, 2.24) is 0 Å². The highest BCUT2D eigenvalue weighted by atomic mass is 35.5. The summed E-state index contributed by atoms with van der Waals surface area (Å²) in [5.41, 5.74) is 1.17. The van der Waals surface area contributed by atoms with E-state index in [1.54, 1.807) is 13.8 Å². The molecule has 0 aromatic carbocycles. The summed E-state index contributed by atoms with van der Waals surface area (Å²) in [6, 6.07) is 0. The number of aliphatic hydroxyl groups is 1. The van der Waals surface area contributed by atoms with Crippen molar-refractivity contribution in [3.63, 3.8) is 0 Å². The second kappa shape index (κ2) is 12.2. The Labute approximate surface area is 192 Å². The van der Waals surface area contributed by atoms with Gasteiger partial charge in [-0.3, -0.25) is 14.4 Å². The average molecular weight is 471 g/mol. The molecule has 2 rings (SSSR count). The predicted molar refractivity (Wildman–Crippen MR) is 117 cm³/mol. The summed E-state index contributed by atoms with van der Waals surface area (Å²) < 4.78 is 16.9. The summed E-state index contributed by atoms with van der Waals surface area (Å²) in [4.78, 5) is 35.1. The van der Waals surface area contributed by atoms with Crippen molar-refractivity contribution >= 4 is 29.5 Å². The second-order valence-electron chi connectivity index (χ2n) is 8.24. The highest BCUT2D eigenvalue weighted by Gasteiger charge is 2.41. The maximum Gasteiger partial charge on any atom is 0.310 e. The van der Waals surface area contributed by atoms with Gasteiger partial charge < -0.3 is 24.4 Å². The van der Waals surface area contributed by atoms with Gasteiger partial charge in [-0.05, 0) is 38.7 Å². The van der Waals surface area contributed by atoms with E-state index in [1.807, 2.05) is 12.2 Å². The van der Waals surface area contributed by atoms with E-state index in [1.165, 1.54) is 13.0 Å². The smallest absolute Gasteiger partial charge is 0.310 e. The fourth-order valence-corrected chi connectivity index (χ4v) is 4.01. The van der Waals surface area contributed by atoms with Crippen LogP contribution in [-0.2, 0) is 28.6 Å². The molecular weight excluding hydrogens is 440 g/mol. The number of aliphatic hydroxyl groups excluding tert-OH is 1. The molecule has 0 amide bonds. The van der Waals surface area contributed by atoms with Crippen LogP contribution in [0.4, 0.5) is 0 Å². The Balaban J connectivity index is 2.25. The van der Waals surface area contributed by atoms with E-state index in [0.29, 0.717) is 41.9 Å². The van der Waals surface area contributed by atoms with Gasteiger partial charge in [-0.2, -0.15) is 0 Å². The number of aliphatic carboxylic acids is 1. The number of carbonyl (C=O) groups excluding carboxylic acids is 2. The maximum atomic E-state index is 12.7. The van der Waals surface area contributed by atoms with E-state index in [9.17, 15) is 19.5 Å². The first-order valence-corrected chi connectivity index (χ1v) is 11.0. The first-order chi connectivity index (χ1) is 15.0. The lowest BCUT2D eigenvalue weighted by Gasteiger charge is -2.24. The largest absolute Gasteiger partial charge is 0.481 e. The normalized spacial score (nSPS) is 31.9.